The van der Waals surface area contributed by atoms with Gasteiger partial charge in [0.15, 0.2) is 0 Å². The maximum absolute atomic E-state index is 12.7. The lowest BCUT2D eigenvalue weighted by Gasteiger charge is -2.40. The molecule has 5 N–H and O–H groups in total. The molecule has 0 saturated carbocycles. The molecular formula is C34H54N4O4S3. The van der Waals surface area contributed by atoms with E-state index in [1.165, 1.54) is 25.7 Å². The van der Waals surface area contributed by atoms with Crippen molar-refractivity contribution in [1.29, 1.82) is 0 Å². The summed E-state index contributed by atoms with van der Waals surface area (Å²) in [7, 11) is 0. The molecule has 252 valence electrons. The standard InChI is InChI=1S/C34H54N4O4S3/c1-2-3-4-9-19-34(44-22-12-23-45-34)31(40)25-15-17-26(18-16-25)32(41)36-21-11-6-5-10-20-35-29(39)14-8-7-13-28-30-27(24-43-28)37-33(42)38-30/h15-18,27-28,30-31,40H,2-14,19-24H2,1H3,(H,35,39)(H,36,41)(H2,37,38,42)/t27-,28-,30-,31?/m0/s1. The second kappa shape index (κ2) is 19.3. The molecule has 0 bridgehead atoms. The molecule has 1 aromatic carbocycles. The van der Waals surface area contributed by atoms with Crippen LogP contribution in [0.25, 0.3) is 0 Å². The lowest BCUT2D eigenvalue weighted by Crippen LogP contribution is -2.36. The van der Waals surface area contributed by atoms with Gasteiger partial charge in [-0.1, -0.05) is 64.0 Å². The average Bonchev–Trinajstić information content (AvgIpc) is 3.61. The molecule has 45 heavy (non-hydrogen) atoms. The van der Waals surface area contributed by atoms with Crippen LogP contribution in [-0.4, -0.2) is 74.7 Å². The summed E-state index contributed by atoms with van der Waals surface area (Å²) in [5.41, 5.74) is 1.53. The monoisotopic (exact) mass is 678 g/mol. The quantitative estimate of drug-likeness (QED) is 0.0801. The van der Waals surface area contributed by atoms with Gasteiger partial charge in [0.2, 0.25) is 5.91 Å². The van der Waals surface area contributed by atoms with Gasteiger partial charge in [-0.3, -0.25) is 9.59 Å². The Bertz CT molecular complexity index is 1070. The lowest BCUT2D eigenvalue weighted by molar-refractivity contribution is -0.121. The van der Waals surface area contributed by atoms with Gasteiger partial charge in [0.25, 0.3) is 5.91 Å². The Hall–Kier alpha value is -1.56. The van der Waals surface area contributed by atoms with Crippen LogP contribution in [0.5, 0.6) is 0 Å². The molecule has 11 heteroatoms. The molecule has 3 heterocycles. The Morgan fingerprint density at radius 2 is 1.64 bits per heavy atom. The zero-order valence-electron chi connectivity index (χ0n) is 27.0. The van der Waals surface area contributed by atoms with E-state index in [1.54, 1.807) is 0 Å². The molecule has 3 fully saturated rings. The molecule has 0 aromatic heterocycles. The summed E-state index contributed by atoms with van der Waals surface area (Å²) in [4.78, 5) is 36.4. The summed E-state index contributed by atoms with van der Waals surface area (Å²) in [5, 5.41) is 23.9. The average molecular weight is 679 g/mol. The first-order valence-corrected chi connectivity index (χ1v) is 20.2. The first-order chi connectivity index (χ1) is 21.9. The zero-order valence-corrected chi connectivity index (χ0v) is 29.4. The van der Waals surface area contributed by atoms with Crippen LogP contribution in [0, 0.1) is 0 Å². The highest BCUT2D eigenvalue weighted by Crippen LogP contribution is 2.53. The molecule has 0 aliphatic carbocycles. The van der Waals surface area contributed by atoms with E-state index in [-0.39, 0.29) is 34.0 Å². The molecule has 0 spiro atoms. The maximum Gasteiger partial charge on any atom is 0.315 e. The highest BCUT2D eigenvalue weighted by atomic mass is 32.2. The van der Waals surface area contributed by atoms with Crippen LogP contribution in [0.2, 0.25) is 0 Å². The predicted octanol–water partition coefficient (Wildman–Crippen LogP) is 6.39. The molecule has 3 aliphatic rings. The van der Waals surface area contributed by atoms with Gasteiger partial charge in [-0.25, -0.2) is 4.79 Å². The Morgan fingerprint density at radius 3 is 2.38 bits per heavy atom. The molecule has 3 aliphatic heterocycles. The van der Waals surface area contributed by atoms with Crippen LogP contribution in [0.1, 0.15) is 119 Å². The number of amides is 4. The number of carbonyl (C=O) groups excluding carboxylic acids is 3. The second-order valence-corrected chi connectivity index (χ2v) is 17.0. The largest absolute Gasteiger partial charge is 0.386 e. The number of unbranched alkanes of at least 4 members (excludes halogenated alkanes) is 7. The van der Waals surface area contributed by atoms with E-state index in [4.69, 9.17) is 0 Å². The van der Waals surface area contributed by atoms with Gasteiger partial charge >= 0.3 is 6.03 Å². The third-order valence-electron chi connectivity index (χ3n) is 9.06. The Kier molecular flexibility index (Phi) is 15.6. The summed E-state index contributed by atoms with van der Waals surface area (Å²) in [6.07, 6.45) is 13.8. The first kappa shape index (κ1) is 36.3. The fourth-order valence-electron chi connectivity index (χ4n) is 6.40. The number of benzene rings is 1. The van der Waals surface area contributed by atoms with E-state index in [0.717, 1.165) is 80.6 Å². The number of thioether (sulfide) groups is 3. The van der Waals surface area contributed by atoms with Crippen LogP contribution in [0.3, 0.4) is 0 Å². The number of nitrogens with one attached hydrogen (secondary N) is 4. The van der Waals surface area contributed by atoms with E-state index >= 15 is 0 Å². The molecule has 1 aromatic rings. The van der Waals surface area contributed by atoms with Gasteiger partial charge in [-0.15, -0.1) is 23.5 Å². The van der Waals surface area contributed by atoms with Crippen molar-refractivity contribution in [3.8, 4) is 0 Å². The van der Waals surface area contributed by atoms with Crippen LogP contribution in [0.15, 0.2) is 24.3 Å². The number of aliphatic hydroxyl groups is 1. The summed E-state index contributed by atoms with van der Waals surface area (Å²) in [6.45, 7) is 3.55. The highest BCUT2D eigenvalue weighted by Gasteiger charge is 2.43. The molecule has 8 nitrogen and oxygen atoms in total. The summed E-state index contributed by atoms with van der Waals surface area (Å²) < 4.78 is -0.188. The number of rotatable bonds is 20. The lowest BCUT2D eigenvalue weighted by atomic mass is 9.99. The third kappa shape index (κ3) is 11.3. The van der Waals surface area contributed by atoms with Crippen molar-refractivity contribution in [2.24, 2.45) is 0 Å². The second-order valence-electron chi connectivity index (χ2n) is 12.6. The van der Waals surface area contributed by atoms with Gasteiger partial charge in [0.05, 0.1) is 16.2 Å². The van der Waals surface area contributed by atoms with Gasteiger partial charge in [0.1, 0.15) is 6.10 Å². The van der Waals surface area contributed by atoms with E-state index in [2.05, 4.69) is 28.2 Å². The van der Waals surface area contributed by atoms with E-state index < -0.39 is 6.10 Å². The van der Waals surface area contributed by atoms with Gasteiger partial charge in [0, 0.05) is 36.1 Å². The van der Waals surface area contributed by atoms with E-state index in [1.807, 2.05) is 59.6 Å². The molecule has 3 saturated heterocycles. The van der Waals surface area contributed by atoms with Crippen LogP contribution < -0.4 is 21.3 Å². The number of aliphatic hydroxyl groups excluding tert-OH is 1. The smallest absolute Gasteiger partial charge is 0.315 e. The summed E-state index contributed by atoms with van der Waals surface area (Å²) in [5.74, 6) is 3.20. The summed E-state index contributed by atoms with van der Waals surface area (Å²) in [6, 6.07) is 7.98. The maximum atomic E-state index is 12.7. The molecule has 4 rings (SSSR count). The van der Waals surface area contributed by atoms with Crippen molar-refractivity contribution in [3.05, 3.63) is 35.4 Å². The first-order valence-electron chi connectivity index (χ1n) is 17.2. The van der Waals surface area contributed by atoms with Crippen molar-refractivity contribution in [2.45, 2.75) is 124 Å². The fourth-order valence-corrected chi connectivity index (χ4v) is 11.4. The molecular weight excluding hydrogens is 625 g/mol. The van der Waals surface area contributed by atoms with Crippen molar-refractivity contribution in [1.82, 2.24) is 21.3 Å². The van der Waals surface area contributed by atoms with Gasteiger partial charge in [-0.2, -0.15) is 11.8 Å². The van der Waals surface area contributed by atoms with Crippen LogP contribution in [-0.2, 0) is 4.79 Å². The molecule has 1 unspecified atom stereocenters. The van der Waals surface area contributed by atoms with E-state index in [0.29, 0.717) is 30.3 Å². The minimum Gasteiger partial charge on any atom is -0.386 e. The van der Waals surface area contributed by atoms with Crippen LogP contribution in [0.4, 0.5) is 4.79 Å². The topological polar surface area (TPSA) is 120 Å². The van der Waals surface area contributed by atoms with Crippen molar-refractivity contribution < 1.29 is 19.5 Å². The van der Waals surface area contributed by atoms with Crippen molar-refractivity contribution in [3.63, 3.8) is 0 Å². The Morgan fingerprint density at radius 1 is 0.933 bits per heavy atom. The van der Waals surface area contributed by atoms with Gasteiger partial charge in [-0.05, 0) is 67.7 Å². The third-order valence-corrected chi connectivity index (χ3v) is 14.1. The number of hydrogen-bond donors (Lipinski definition) is 5. The number of fused-ring (bicyclic) bond motifs is 1. The fraction of sp³-hybridized carbons (Fsp3) is 0.735. The predicted molar refractivity (Wildman–Crippen MR) is 190 cm³/mol. The molecule has 4 amide bonds. The number of hydrogen-bond acceptors (Lipinski definition) is 7. The van der Waals surface area contributed by atoms with E-state index in [9.17, 15) is 19.5 Å². The number of urea groups is 1. The minimum atomic E-state index is -0.540. The highest BCUT2D eigenvalue weighted by molar-refractivity contribution is 8.18. The van der Waals surface area contributed by atoms with Gasteiger partial charge < -0.3 is 26.4 Å². The number of carbonyl (C=O) groups is 3. The van der Waals surface area contributed by atoms with Crippen molar-refractivity contribution in [2.75, 3.05) is 30.3 Å². The Balaban J connectivity index is 1.03. The molecule has 0 radical (unpaired) electrons. The zero-order chi connectivity index (χ0) is 31.9. The SMILES string of the molecule is CCCCCCC1(C(O)c2ccc(C(=O)NCCCCCCNC(=O)CCCC[C@@H]3SC[C@@H]4NC(=O)N[C@@H]43)cc2)SCCCS1. The molecule has 4 atom stereocenters. The summed E-state index contributed by atoms with van der Waals surface area (Å²) >= 11 is 5.75. The Labute approximate surface area is 282 Å². The minimum absolute atomic E-state index is 0.0493. The van der Waals surface area contributed by atoms with Crippen molar-refractivity contribution >= 4 is 53.1 Å². The normalized spacial score (nSPS) is 22.7. The van der Waals surface area contributed by atoms with Crippen LogP contribution >= 0.6 is 35.3 Å².